The van der Waals surface area contributed by atoms with Crippen LogP contribution in [-0.4, -0.2) is 60.4 Å². The number of hydrogen-bond acceptors (Lipinski definition) is 7. The summed E-state index contributed by atoms with van der Waals surface area (Å²) in [4.78, 5) is 38.9. The molecular weight excluding hydrogens is 544 g/mol. The maximum absolute atomic E-state index is 12.8. The fourth-order valence-corrected chi connectivity index (χ4v) is 7.13. The van der Waals surface area contributed by atoms with Crippen LogP contribution < -0.4 is 4.74 Å². The number of carbonyl (C=O) groups excluding carboxylic acids is 2. The zero-order valence-corrected chi connectivity index (χ0v) is 24.1. The first-order valence-electron chi connectivity index (χ1n) is 13.7. The van der Waals surface area contributed by atoms with Gasteiger partial charge in [-0.3, -0.25) is 28.4 Å². The minimum absolute atomic E-state index is 0.207. The van der Waals surface area contributed by atoms with E-state index >= 15 is 0 Å². The number of carbonyl (C=O) groups is 3. The van der Waals surface area contributed by atoms with E-state index in [4.69, 9.17) is 4.74 Å². The Labute approximate surface area is 240 Å². The van der Waals surface area contributed by atoms with Crippen LogP contribution in [0, 0.1) is 6.92 Å². The number of nitrogens with zero attached hydrogens (tertiary/aromatic N) is 2. The Kier molecular flexibility index (Phi) is 7.93. The Morgan fingerprint density at radius 1 is 1.00 bits per heavy atom. The molecule has 10 heteroatoms. The zero-order valence-electron chi connectivity index (χ0n) is 23.2. The van der Waals surface area contributed by atoms with Crippen molar-refractivity contribution in [2.45, 2.75) is 57.1 Å². The minimum Gasteiger partial charge on any atom is -0.487 e. The molecule has 3 aromatic carbocycles. The van der Waals surface area contributed by atoms with Crippen molar-refractivity contribution in [2.24, 2.45) is 0 Å². The molecule has 2 aliphatic heterocycles. The van der Waals surface area contributed by atoms with Crippen molar-refractivity contribution >= 4 is 28.6 Å². The van der Waals surface area contributed by atoms with Gasteiger partial charge in [-0.15, -0.1) is 10.8 Å². The van der Waals surface area contributed by atoms with E-state index in [1.165, 1.54) is 4.90 Å². The molecule has 3 aromatic rings. The van der Waals surface area contributed by atoms with Gasteiger partial charge in [0, 0.05) is 19.0 Å². The van der Waals surface area contributed by atoms with Crippen LogP contribution in [0.1, 0.15) is 75.6 Å². The molecule has 0 fully saturated rings. The highest BCUT2D eigenvalue weighted by Gasteiger charge is 2.36. The number of aliphatic carboxylic acids is 1. The monoisotopic (exact) mass is 578 g/mol. The number of carboxylic acids is 1. The minimum atomic E-state index is -3.37. The van der Waals surface area contributed by atoms with Crippen LogP contribution in [0.5, 0.6) is 5.75 Å². The summed E-state index contributed by atoms with van der Waals surface area (Å²) in [5.41, 5.74) is 3.66. The normalized spacial score (nSPS) is 19.6. The SMILES string of the molecule is CCC1CN(Cc2cc(C(CC(=O)O)c3ccc4c(c3)C(=O)N(CC)C4=O)ccc2C)S(O)(O)c2ccccc2O1. The van der Waals surface area contributed by atoms with Crippen LogP contribution in [0.4, 0.5) is 0 Å². The van der Waals surface area contributed by atoms with Crippen molar-refractivity contribution in [2.75, 3.05) is 13.1 Å². The highest BCUT2D eigenvalue weighted by Crippen LogP contribution is 2.57. The Balaban J connectivity index is 1.52. The molecule has 0 radical (unpaired) electrons. The molecule has 2 unspecified atom stereocenters. The maximum atomic E-state index is 12.8. The number of amides is 2. The van der Waals surface area contributed by atoms with Gasteiger partial charge in [0.1, 0.15) is 16.7 Å². The third-order valence-corrected chi connectivity index (χ3v) is 9.80. The molecular formula is C31H34N2O7S. The Morgan fingerprint density at radius 2 is 1.68 bits per heavy atom. The fraction of sp³-hybridized carbons (Fsp3) is 0.323. The van der Waals surface area contributed by atoms with Crippen LogP contribution >= 0.6 is 10.8 Å². The number of fused-ring (bicyclic) bond motifs is 2. The highest BCUT2D eigenvalue weighted by molar-refractivity contribution is 8.22. The van der Waals surface area contributed by atoms with Gasteiger partial charge >= 0.3 is 5.97 Å². The summed E-state index contributed by atoms with van der Waals surface area (Å²) in [6, 6.07) is 17.5. The molecule has 2 amide bonds. The second kappa shape index (κ2) is 11.3. The number of benzene rings is 3. The van der Waals surface area contributed by atoms with Crippen LogP contribution in [-0.2, 0) is 11.3 Å². The van der Waals surface area contributed by atoms with Gasteiger partial charge in [-0.05, 0) is 66.8 Å². The van der Waals surface area contributed by atoms with Gasteiger partial charge < -0.3 is 9.84 Å². The highest BCUT2D eigenvalue weighted by atomic mass is 32.3. The topological polar surface area (TPSA) is 128 Å². The smallest absolute Gasteiger partial charge is 0.304 e. The lowest BCUT2D eigenvalue weighted by Crippen LogP contribution is -2.34. The van der Waals surface area contributed by atoms with Gasteiger partial charge in [0.15, 0.2) is 0 Å². The van der Waals surface area contributed by atoms with Crippen molar-refractivity contribution in [3.63, 3.8) is 0 Å². The average Bonchev–Trinajstić information content (AvgIpc) is 3.13. The lowest BCUT2D eigenvalue weighted by molar-refractivity contribution is -0.137. The van der Waals surface area contributed by atoms with E-state index in [-0.39, 0.29) is 43.0 Å². The molecule has 2 atom stereocenters. The molecule has 0 aliphatic carbocycles. The van der Waals surface area contributed by atoms with Gasteiger partial charge in [-0.2, -0.15) is 4.31 Å². The van der Waals surface area contributed by atoms with E-state index in [0.717, 1.165) is 11.1 Å². The van der Waals surface area contributed by atoms with Crippen LogP contribution in [0.15, 0.2) is 65.6 Å². The van der Waals surface area contributed by atoms with Gasteiger partial charge in [-0.25, -0.2) is 0 Å². The molecule has 0 aromatic heterocycles. The molecule has 2 heterocycles. The Bertz CT molecular complexity index is 1520. The number of para-hydroxylation sites is 1. The molecule has 0 saturated carbocycles. The zero-order chi connectivity index (χ0) is 29.5. The van der Waals surface area contributed by atoms with E-state index < -0.39 is 22.7 Å². The number of carboxylic acid groups (broad SMARTS) is 1. The molecule has 9 nitrogen and oxygen atoms in total. The molecule has 5 rings (SSSR count). The van der Waals surface area contributed by atoms with E-state index in [1.807, 2.05) is 32.0 Å². The molecule has 0 bridgehead atoms. The summed E-state index contributed by atoms with van der Waals surface area (Å²) in [7, 11) is -3.37. The van der Waals surface area contributed by atoms with Crippen molar-refractivity contribution in [3.05, 3.63) is 94.0 Å². The first-order valence-corrected chi connectivity index (χ1v) is 15.2. The van der Waals surface area contributed by atoms with Gasteiger partial charge in [0.05, 0.1) is 24.1 Å². The predicted octanol–water partition coefficient (Wildman–Crippen LogP) is 5.92. The number of imide groups is 1. The quantitative estimate of drug-likeness (QED) is 0.281. The summed E-state index contributed by atoms with van der Waals surface area (Å²) >= 11 is 0. The van der Waals surface area contributed by atoms with Crippen molar-refractivity contribution in [1.29, 1.82) is 0 Å². The van der Waals surface area contributed by atoms with E-state index in [0.29, 0.717) is 40.3 Å². The molecule has 0 saturated heterocycles. The van der Waals surface area contributed by atoms with Crippen LogP contribution in [0.2, 0.25) is 0 Å². The van der Waals surface area contributed by atoms with Crippen molar-refractivity contribution in [3.8, 4) is 5.75 Å². The summed E-state index contributed by atoms with van der Waals surface area (Å²) in [5.74, 6) is -1.87. The van der Waals surface area contributed by atoms with Crippen molar-refractivity contribution in [1.82, 2.24) is 9.21 Å². The number of ether oxygens (including phenoxy) is 1. The predicted molar refractivity (Wildman–Crippen MR) is 155 cm³/mol. The van der Waals surface area contributed by atoms with Gasteiger partial charge in [0.25, 0.3) is 11.8 Å². The molecule has 0 spiro atoms. The summed E-state index contributed by atoms with van der Waals surface area (Å²) in [6.07, 6.45) is 0.205. The Hall–Kier alpha value is -3.70. The van der Waals surface area contributed by atoms with Gasteiger partial charge in [-0.1, -0.05) is 43.3 Å². The van der Waals surface area contributed by atoms with Crippen LogP contribution in [0.25, 0.3) is 0 Å². The molecule has 3 N–H and O–H groups in total. The average molecular weight is 579 g/mol. The maximum Gasteiger partial charge on any atom is 0.304 e. The molecule has 216 valence electrons. The lowest BCUT2D eigenvalue weighted by atomic mass is 9.85. The third-order valence-electron chi connectivity index (χ3n) is 7.87. The Morgan fingerprint density at radius 3 is 2.39 bits per heavy atom. The summed E-state index contributed by atoms with van der Waals surface area (Å²) in [6.45, 7) is 6.40. The second-order valence-corrected chi connectivity index (χ2v) is 12.4. The first kappa shape index (κ1) is 28.8. The molecule has 41 heavy (non-hydrogen) atoms. The standard InChI is InChI=1S/C31H34N2O7S/c1-4-23-18-32(41(38,39)28-9-7-6-8-27(28)40-23)17-22-14-20(11-10-19(22)3)25(16-29(34)35)21-12-13-24-26(15-21)31(37)33(5-2)30(24)36/h6-15,23,25,38-39H,4-5,16-18H2,1-3H3,(H,34,35). The van der Waals surface area contributed by atoms with Crippen LogP contribution in [0.3, 0.4) is 0 Å². The fourth-order valence-electron chi connectivity index (χ4n) is 5.51. The molecule has 2 aliphatic rings. The third kappa shape index (κ3) is 5.36. The number of rotatable bonds is 8. The summed E-state index contributed by atoms with van der Waals surface area (Å²) < 4.78 is 30.6. The number of hydrogen-bond donors (Lipinski definition) is 3. The van der Waals surface area contributed by atoms with E-state index in [1.54, 1.807) is 53.7 Å². The lowest BCUT2D eigenvalue weighted by Gasteiger charge is -2.42. The largest absolute Gasteiger partial charge is 0.487 e. The van der Waals surface area contributed by atoms with E-state index in [2.05, 4.69) is 0 Å². The second-order valence-electron chi connectivity index (χ2n) is 10.4. The van der Waals surface area contributed by atoms with E-state index in [9.17, 15) is 28.6 Å². The summed E-state index contributed by atoms with van der Waals surface area (Å²) in [5, 5.41) is 9.79. The van der Waals surface area contributed by atoms with Gasteiger partial charge in [0.2, 0.25) is 0 Å². The number of aryl methyl sites for hydroxylation is 1. The first-order chi connectivity index (χ1) is 19.5. The van der Waals surface area contributed by atoms with Crippen molar-refractivity contribution < 1.29 is 33.3 Å².